The molecule has 0 atom stereocenters. The molecule has 0 radical (unpaired) electrons. The quantitative estimate of drug-likeness (QED) is 0.332. The number of piperazine rings is 1. The van der Waals surface area contributed by atoms with E-state index in [1.165, 1.54) is 12.8 Å². The van der Waals surface area contributed by atoms with Crippen molar-refractivity contribution < 1.29 is 9.30 Å². The maximum Gasteiger partial charge on any atom is 0.229 e. The van der Waals surface area contributed by atoms with Crippen molar-refractivity contribution >= 4 is 52.9 Å². The van der Waals surface area contributed by atoms with Crippen molar-refractivity contribution in [3.8, 4) is 5.75 Å². The van der Waals surface area contributed by atoms with Crippen molar-refractivity contribution in [3.05, 3.63) is 53.7 Å². The Kier molecular flexibility index (Phi) is 8.62. The monoisotopic (exact) mass is 569 g/mol. The molecule has 0 bridgehead atoms. The minimum Gasteiger partial charge on any atom is -0.494 e. The molecule has 2 aliphatic rings. The number of nitrogens with one attached hydrogen (secondary N) is 3. The molecule has 2 aliphatic heterocycles. The Hall–Kier alpha value is -2.84. The SMILES string of the molecule is COc1cc(N2CCC(N3CCNCC3)CC2)ccc1Nc1ncc(Cl)c(Nc2ccccc2P(C)(C)=O)n1. The van der Waals surface area contributed by atoms with Crippen LogP contribution in [0.1, 0.15) is 12.8 Å². The molecule has 2 aromatic carbocycles. The zero-order valence-corrected chi connectivity index (χ0v) is 24.4. The van der Waals surface area contributed by atoms with Crippen molar-refractivity contribution in [3.63, 3.8) is 0 Å². The predicted molar refractivity (Wildman–Crippen MR) is 162 cm³/mol. The average molecular weight is 570 g/mol. The Labute approximate surface area is 235 Å². The van der Waals surface area contributed by atoms with Crippen molar-refractivity contribution in [1.82, 2.24) is 20.2 Å². The normalized spacial score (nSPS) is 17.2. The van der Waals surface area contributed by atoms with Gasteiger partial charge < -0.3 is 30.2 Å². The van der Waals surface area contributed by atoms with E-state index in [1.807, 2.05) is 30.3 Å². The summed E-state index contributed by atoms with van der Waals surface area (Å²) in [5.41, 5.74) is 2.62. The van der Waals surface area contributed by atoms with E-state index in [2.05, 4.69) is 47.9 Å². The van der Waals surface area contributed by atoms with E-state index in [1.54, 1.807) is 26.6 Å². The van der Waals surface area contributed by atoms with Gasteiger partial charge in [0.05, 0.1) is 24.7 Å². The standard InChI is InChI=1S/C28H37ClN7O2P/c1-38-25-18-21(35-14-10-20(11-15-35)36-16-12-30-13-17-36)8-9-23(25)33-28-31-19-22(29)27(34-28)32-24-6-4-5-7-26(24)39(2,3)37/h4-9,18-20,30H,10-17H2,1-3H3,(H2,31,32,33,34). The molecule has 2 fully saturated rings. The van der Waals surface area contributed by atoms with Gasteiger partial charge in [-0.15, -0.1) is 0 Å². The second-order valence-electron chi connectivity index (χ2n) is 10.4. The number of ether oxygens (including phenoxy) is 1. The summed E-state index contributed by atoms with van der Waals surface area (Å²) in [6.45, 7) is 10.0. The first-order valence-corrected chi connectivity index (χ1v) is 16.4. The van der Waals surface area contributed by atoms with Gasteiger partial charge in [0.25, 0.3) is 0 Å². The van der Waals surface area contributed by atoms with E-state index in [0.29, 0.717) is 34.3 Å². The highest BCUT2D eigenvalue weighted by atomic mass is 35.5. The smallest absolute Gasteiger partial charge is 0.229 e. The lowest BCUT2D eigenvalue weighted by molar-refractivity contribution is 0.150. The zero-order valence-electron chi connectivity index (χ0n) is 22.8. The van der Waals surface area contributed by atoms with E-state index in [9.17, 15) is 4.57 Å². The van der Waals surface area contributed by atoms with Gasteiger partial charge in [-0.2, -0.15) is 4.98 Å². The molecule has 208 valence electrons. The van der Waals surface area contributed by atoms with Crippen LogP contribution < -0.4 is 30.9 Å². The van der Waals surface area contributed by atoms with Crippen molar-refractivity contribution in [2.45, 2.75) is 18.9 Å². The Bertz CT molecular complexity index is 1340. The lowest BCUT2D eigenvalue weighted by Gasteiger charge is -2.41. The summed E-state index contributed by atoms with van der Waals surface area (Å²) in [7, 11) is -0.835. The molecule has 5 rings (SSSR count). The fraction of sp³-hybridized carbons (Fsp3) is 0.429. The molecule has 0 saturated carbocycles. The molecule has 3 aromatic rings. The van der Waals surface area contributed by atoms with Gasteiger partial charge in [0.2, 0.25) is 5.95 Å². The average Bonchev–Trinajstić information content (AvgIpc) is 2.95. The number of halogens is 1. The van der Waals surface area contributed by atoms with Gasteiger partial charge in [0, 0.05) is 62.4 Å². The third-order valence-corrected chi connectivity index (χ3v) is 9.24. The highest BCUT2D eigenvalue weighted by Gasteiger charge is 2.26. The number of rotatable bonds is 8. The second kappa shape index (κ2) is 12.1. The number of anilines is 5. The Morgan fingerprint density at radius 1 is 1.03 bits per heavy atom. The summed E-state index contributed by atoms with van der Waals surface area (Å²) in [4.78, 5) is 14.0. The fourth-order valence-corrected chi connectivity index (χ4v) is 6.62. The maximum atomic E-state index is 12.8. The number of methoxy groups -OCH3 is 1. The van der Waals surface area contributed by atoms with E-state index >= 15 is 0 Å². The van der Waals surface area contributed by atoms with Crippen LogP contribution >= 0.6 is 18.7 Å². The minimum absolute atomic E-state index is 0.365. The highest BCUT2D eigenvalue weighted by molar-refractivity contribution is 7.70. The second-order valence-corrected chi connectivity index (χ2v) is 14.0. The lowest BCUT2D eigenvalue weighted by atomic mass is 10.0. The third-order valence-electron chi connectivity index (χ3n) is 7.41. The van der Waals surface area contributed by atoms with E-state index in [0.717, 1.165) is 55.9 Å². The molecular weight excluding hydrogens is 533 g/mol. The van der Waals surface area contributed by atoms with Gasteiger partial charge >= 0.3 is 0 Å². The molecule has 0 amide bonds. The number of aromatic nitrogens is 2. The number of piperidine rings is 1. The Morgan fingerprint density at radius 2 is 1.77 bits per heavy atom. The highest BCUT2D eigenvalue weighted by Crippen LogP contribution is 2.39. The van der Waals surface area contributed by atoms with Crippen molar-refractivity contribution in [1.29, 1.82) is 0 Å². The van der Waals surface area contributed by atoms with Gasteiger partial charge in [-0.25, -0.2) is 4.98 Å². The number of para-hydroxylation sites is 1. The molecule has 11 heteroatoms. The number of hydrogen-bond donors (Lipinski definition) is 3. The molecule has 2 saturated heterocycles. The van der Waals surface area contributed by atoms with Crippen LogP contribution in [0.4, 0.5) is 28.8 Å². The number of hydrogen-bond acceptors (Lipinski definition) is 9. The van der Waals surface area contributed by atoms with Crippen LogP contribution in [0.3, 0.4) is 0 Å². The van der Waals surface area contributed by atoms with E-state index < -0.39 is 7.14 Å². The van der Waals surface area contributed by atoms with Crippen LogP contribution in [-0.2, 0) is 4.57 Å². The van der Waals surface area contributed by atoms with Gasteiger partial charge in [0.1, 0.15) is 17.9 Å². The third kappa shape index (κ3) is 6.67. The Balaban J connectivity index is 1.29. The molecule has 0 spiro atoms. The Morgan fingerprint density at radius 3 is 2.49 bits per heavy atom. The molecule has 1 aromatic heterocycles. The predicted octanol–water partition coefficient (Wildman–Crippen LogP) is 4.75. The van der Waals surface area contributed by atoms with Crippen LogP contribution in [0.2, 0.25) is 5.02 Å². The maximum absolute atomic E-state index is 12.8. The molecular formula is C28H37ClN7O2P. The molecule has 9 nitrogen and oxygen atoms in total. The topological polar surface area (TPSA) is 94.6 Å². The molecule has 3 heterocycles. The van der Waals surface area contributed by atoms with Crippen LogP contribution in [0, 0.1) is 0 Å². The number of benzene rings is 2. The first kappa shape index (κ1) is 27.7. The summed E-state index contributed by atoms with van der Waals surface area (Å²) in [5, 5.41) is 11.1. The lowest BCUT2D eigenvalue weighted by Crippen LogP contribution is -2.52. The summed E-state index contributed by atoms with van der Waals surface area (Å²) in [6.07, 6.45) is 3.89. The van der Waals surface area contributed by atoms with Crippen LogP contribution in [0.25, 0.3) is 0 Å². The number of nitrogens with zero attached hydrogens (tertiary/aromatic N) is 4. The first-order chi connectivity index (χ1) is 18.8. The molecule has 0 unspecified atom stereocenters. The van der Waals surface area contributed by atoms with Gasteiger partial charge in [-0.3, -0.25) is 4.90 Å². The van der Waals surface area contributed by atoms with Crippen molar-refractivity contribution in [2.24, 2.45) is 0 Å². The van der Waals surface area contributed by atoms with Crippen molar-refractivity contribution in [2.75, 3.05) is 75.2 Å². The molecule has 39 heavy (non-hydrogen) atoms. The van der Waals surface area contributed by atoms with Crippen LogP contribution in [-0.4, -0.2) is 80.6 Å². The summed E-state index contributed by atoms with van der Waals surface area (Å²) < 4.78 is 18.5. The molecule has 0 aliphatic carbocycles. The largest absolute Gasteiger partial charge is 0.494 e. The van der Waals surface area contributed by atoms with Gasteiger partial charge in [0.15, 0.2) is 5.82 Å². The fourth-order valence-electron chi connectivity index (χ4n) is 5.33. The van der Waals surface area contributed by atoms with Crippen LogP contribution in [0.15, 0.2) is 48.7 Å². The van der Waals surface area contributed by atoms with E-state index in [4.69, 9.17) is 16.3 Å². The summed E-state index contributed by atoms with van der Waals surface area (Å²) >= 11 is 6.42. The zero-order chi connectivity index (χ0) is 27.4. The first-order valence-electron chi connectivity index (χ1n) is 13.4. The summed E-state index contributed by atoms with van der Waals surface area (Å²) in [6, 6.07) is 14.3. The molecule has 3 N–H and O–H groups in total. The summed E-state index contributed by atoms with van der Waals surface area (Å²) in [5.74, 6) is 1.52. The van der Waals surface area contributed by atoms with Gasteiger partial charge in [-0.1, -0.05) is 23.7 Å². The van der Waals surface area contributed by atoms with Gasteiger partial charge in [-0.05, 0) is 50.4 Å². The minimum atomic E-state index is -2.50. The van der Waals surface area contributed by atoms with Crippen LogP contribution in [0.5, 0.6) is 5.75 Å². The van der Waals surface area contributed by atoms with E-state index in [-0.39, 0.29) is 0 Å².